The maximum absolute atomic E-state index is 5.39. The van der Waals surface area contributed by atoms with Crippen LogP contribution in [0.4, 0.5) is 0 Å². The van der Waals surface area contributed by atoms with Crippen LogP contribution in [-0.4, -0.2) is 23.4 Å². The molecule has 98 valence electrons. The fraction of sp³-hybridized carbons (Fsp3) is 0.462. The second kappa shape index (κ2) is 6.02. The van der Waals surface area contributed by atoms with Gasteiger partial charge >= 0.3 is 0 Å². The molecule has 0 saturated carbocycles. The Morgan fingerprint density at radius 2 is 2.39 bits per heavy atom. The molecular formula is C13H19N3OS. The van der Waals surface area contributed by atoms with E-state index < -0.39 is 0 Å². The summed E-state index contributed by atoms with van der Waals surface area (Å²) in [7, 11) is 3.64. The molecule has 0 spiro atoms. The Labute approximate surface area is 112 Å². The third-order valence-electron chi connectivity index (χ3n) is 2.97. The zero-order chi connectivity index (χ0) is 13.0. The highest BCUT2D eigenvalue weighted by Crippen LogP contribution is 2.27. The zero-order valence-electron chi connectivity index (χ0n) is 11.0. The van der Waals surface area contributed by atoms with Crippen molar-refractivity contribution in [3.63, 3.8) is 0 Å². The predicted molar refractivity (Wildman–Crippen MR) is 74.2 cm³/mol. The number of thiophene rings is 1. The molecule has 2 rings (SSSR count). The van der Waals surface area contributed by atoms with Gasteiger partial charge < -0.3 is 10.1 Å². The molecule has 0 amide bonds. The second-order valence-electron chi connectivity index (χ2n) is 4.17. The van der Waals surface area contributed by atoms with E-state index in [0.717, 1.165) is 24.4 Å². The van der Waals surface area contributed by atoms with Crippen molar-refractivity contribution in [1.82, 2.24) is 15.1 Å². The SMILES string of the molecule is CCNC(Cc1ccsc1)c1c(OC)cnn1C. The molecule has 18 heavy (non-hydrogen) atoms. The molecule has 2 aromatic heterocycles. The topological polar surface area (TPSA) is 39.1 Å². The molecule has 0 aliphatic carbocycles. The number of nitrogens with zero attached hydrogens (tertiary/aromatic N) is 2. The van der Waals surface area contributed by atoms with Crippen LogP contribution >= 0.6 is 11.3 Å². The average molecular weight is 265 g/mol. The van der Waals surface area contributed by atoms with Crippen LogP contribution in [-0.2, 0) is 13.5 Å². The third kappa shape index (κ3) is 2.73. The Hall–Kier alpha value is -1.33. The summed E-state index contributed by atoms with van der Waals surface area (Å²) in [4.78, 5) is 0. The summed E-state index contributed by atoms with van der Waals surface area (Å²) in [5, 5.41) is 12.1. The summed E-state index contributed by atoms with van der Waals surface area (Å²) in [5.74, 6) is 0.846. The Kier molecular flexibility index (Phi) is 4.38. The second-order valence-corrected chi connectivity index (χ2v) is 4.95. The lowest BCUT2D eigenvalue weighted by Crippen LogP contribution is -2.25. The van der Waals surface area contributed by atoms with Crippen LogP contribution in [0.3, 0.4) is 0 Å². The minimum absolute atomic E-state index is 0.229. The largest absolute Gasteiger partial charge is 0.493 e. The van der Waals surface area contributed by atoms with Crippen molar-refractivity contribution in [3.05, 3.63) is 34.3 Å². The first-order valence-corrected chi connectivity index (χ1v) is 7.00. The quantitative estimate of drug-likeness (QED) is 0.871. The van der Waals surface area contributed by atoms with Crippen molar-refractivity contribution < 1.29 is 4.74 Å². The molecule has 2 aromatic rings. The van der Waals surface area contributed by atoms with Gasteiger partial charge in [-0.15, -0.1) is 0 Å². The first-order chi connectivity index (χ1) is 8.76. The highest BCUT2D eigenvalue weighted by Gasteiger charge is 2.20. The van der Waals surface area contributed by atoms with Crippen LogP contribution in [0.15, 0.2) is 23.0 Å². The summed E-state index contributed by atoms with van der Waals surface area (Å²) in [6.45, 7) is 3.03. The van der Waals surface area contributed by atoms with Gasteiger partial charge in [-0.3, -0.25) is 4.68 Å². The summed E-state index contributed by atoms with van der Waals surface area (Å²) >= 11 is 1.73. The monoisotopic (exact) mass is 265 g/mol. The number of ether oxygens (including phenoxy) is 1. The first kappa shape index (κ1) is 13.1. The van der Waals surface area contributed by atoms with Crippen LogP contribution in [0.2, 0.25) is 0 Å². The molecule has 2 heterocycles. The van der Waals surface area contributed by atoms with Crippen LogP contribution in [0.5, 0.6) is 5.75 Å². The van der Waals surface area contributed by atoms with E-state index in [1.165, 1.54) is 5.56 Å². The van der Waals surface area contributed by atoms with Gasteiger partial charge in [-0.1, -0.05) is 6.92 Å². The molecular weight excluding hydrogens is 246 g/mol. The standard InChI is InChI=1S/C13H19N3OS/c1-4-14-11(7-10-5-6-18-9-10)13-12(17-3)8-15-16(13)2/h5-6,8-9,11,14H,4,7H2,1-3H3. The summed E-state index contributed by atoms with van der Waals surface area (Å²) in [6.07, 6.45) is 2.72. The molecule has 5 heteroatoms. The Morgan fingerprint density at radius 1 is 1.56 bits per heavy atom. The molecule has 1 N–H and O–H groups in total. The number of likely N-dealkylation sites (N-methyl/N-ethyl adjacent to an activating group) is 1. The minimum Gasteiger partial charge on any atom is -0.493 e. The molecule has 0 bridgehead atoms. The first-order valence-electron chi connectivity index (χ1n) is 6.06. The molecule has 0 aliphatic heterocycles. The smallest absolute Gasteiger partial charge is 0.161 e. The van der Waals surface area contributed by atoms with E-state index in [1.807, 2.05) is 11.7 Å². The van der Waals surface area contributed by atoms with Crippen LogP contribution in [0, 0.1) is 0 Å². The third-order valence-corrected chi connectivity index (χ3v) is 3.70. The number of hydrogen-bond acceptors (Lipinski definition) is 4. The van der Waals surface area contributed by atoms with Gasteiger partial charge in [0, 0.05) is 7.05 Å². The molecule has 4 nitrogen and oxygen atoms in total. The molecule has 0 radical (unpaired) electrons. The normalized spacial score (nSPS) is 12.6. The summed E-state index contributed by atoms with van der Waals surface area (Å²) in [6, 6.07) is 2.39. The van der Waals surface area contributed by atoms with E-state index in [1.54, 1.807) is 24.6 Å². The number of aromatic nitrogens is 2. The lowest BCUT2D eigenvalue weighted by molar-refractivity contribution is 0.394. The molecule has 0 saturated heterocycles. The van der Waals surface area contributed by atoms with E-state index in [0.29, 0.717) is 0 Å². The van der Waals surface area contributed by atoms with Crippen molar-refractivity contribution >= 4 is 11.3 Å². The fourth-order valence-corrected chi connectivity index (χ4v) is 2.82. The van der Waals surface area contributed by atoms with E-state index in [4.69, 9.17) is 4.74 Å². The number of methoxy groups -OCH3 is 1. The zero-order valence-corrected chi connectivity index (χ0v) is 11.8. The molecule has 0 fully saturated rings. The number of rotatable bonds is 6. The van der Waals surface area contributed by atoms with Gasteiger partial charge in [-0.2, -0.15) is 16.4 Å². The van der Waals surface area contributed by atoms with E-state index in [9.17, 15) is 0 Å². The van der Waals surface area contributed by atoms with Crippen molar-refractivity contribution in [3.8, 4) is 5.75 Å². The molecule has 0 aromatic carbocycles. The molecule has 1 atom stereocenters. The summed E-state index contributed by atoms with van der Waals surface area (Å²) in [5.41, 5.74) is 2.44. The Balaban J connectivity index is 2.25. The van der Waals surface area contributed by atoms with Crippen LogP contribution in [0.1, 0.15) is 24.2 Å². The van der Waals surface area contributed by atoms with Crippen molar-refractivity contribution in [1.29, 1.82) is 0 Å². The van der Waals surface area contributed by atoms with Gasteiger partial charge in [-0.05, 0) is 35.4 Å². The highest BCUT2D eigenvalue weighted by atomic mass is 32.1. The van der Waals surface area contributed by atoms with E-state index >= 15 is 0 Å². The number of nitrogens with one attached hydrogen (secondary N) is 1. The Bertz CT molecular complexity index is 478. The van der Waals surface area contributed by atoms with Crippen molar-refractivity contribution in [2.45, 2.75) is 19.4 Å². The Morgan fingerprint density at radius 3 is 3.00 bits per heavy atom. The van der Waals surface area contributed by atoms with E-state index in [-0.39, 0.29) is 6.04 Å². The molecule has 1 unspecified atom stereocenters. The highest BCUT2D eigenvalue weighted by molar-refractivity contribution is 7.07. The van der Waals surface area contributed by atoms with Gasteiger partial charge in [0.15, 0.2) is 5.75 Å². The molecule has 0 aliphatic rings. The summed E-state index contributed by atoms with van der Waals surface area (Å²) < 4.78 is 7.28. The van der Waals surface area contributed by atoms with Gasteiger partial charge in [-0.25, -0.2) is 0 Å². The van der Waals surface area contributed by atoms with Gasteiger partial charge in [0.25, 0.3) is 0 Å². The number of aryl methyl sites for hydroxylation is 1. The van der Waals surface area contributed by atoms with Crippen LogP contribution < -0.4 is 10.1 Å². The maximum Gasteiger partial charge on any atom is 0.161 e. The number of hydrogen-bond donors (Lipinski definition) is 1. The fourth-order valence-electron chi connectivity index (χ4n) is 2.14. The van der Waals surface area contributed by atoms with Gasteiger partial charge in [0.05, 0.1) is 25.0 Å². The van der Waals surface area contributed by atoms with Gasteiger partial charge in [0.1, 0.15) is 0 Å². The van der Waals surface area contributed by atoms with Crippen LogP contribution in [0.25, 0.3) is 0 Å². The maximum atomic E-state index is 5.39. The minimum atomic E-state index is 0.229. The average Bonchev–Trinajstić information content (AvgIpc) is 2.98. The van der Waals surface area contributed by atoms with E-state index in [2.05, 4.69) is 34.2 Å². The predicted octanol–water partition coefficient (Wildman–Crippen LogP) is 2.38. The van der Waals surface area contributed by atoms with Gasteiger partial charge in [0.2, 0.25) is 0 Å². The lowest BCUT2D eigenvalue weighted by atomic mass is 10.1. The van der Waals surface area contributed by atoms with Crippen molar-refractivity contribution in [2.75, 3.05) is 13.7 Å². The lowest BCUT2D eigenvalue weighted by Gasteiger charge is -2.19. The van der Waals surface area contributed by atoms with Crippen molar-refractivity contribution in [2.24, 2.45) is 7.05 Å².